The summed E-state index contributed by atoms with van der Waals surface area (Å²) in [6.07, 6.45) is 4.08. The van der Waals surface area contributed by atoms with Gasteiger partial charge in [-0.15, -0.1) is 0 Å². The summed E-state index contributed by atoms with van der Waals surface area (Å²) in [6.45, 7) is 0. The van der Waals surface area contributed by atoms with Crippen LogP contribution in [0.2, 0.25) is 0 Å². The predicted molar refractivity (Wildman–Crippen MR) is 98.2 cm³/mol. The Morgan fingerprint density at radius 1 is 0.679 bits per heavy atom. The van der Waals surface area contributed by atoms with Crippen molar-refractivity contribution in [2.45, 2.75) is 25.7 Å². The van der Waals surface area contributed by atoms with Gasteiger partial charge in [0.25, 0.3) is 0 Å². The minimum absolute atomic E-state index is 0.153. The lowest BCUT2D eigenvalue weighted by Gasteiger charge is -2.05. The van der Waals surface area contributed by atoms with Crippen molar-refractivity contribution in [3.05, 3.63) is 48.5 Å². The number of esters is 2. The van der Waals surface area contributed by atoms with Crippen molar-refractivity contribution >= 4 is 35.5 Å². The van der Waals surface area contributed by atoms with Crippen LogP contribution in [0.3, 0.4) is 0 Å². The number of unbranched alkanes of at least 4 members (excludes halogenated alkanes) is 1. The van der Waals surface area contributed by atoms with Crippen LogP contribution < -0.4 is 9.47 Å². The number of ether oxygens (including phenoxy) is 2. The largest absolute Gasteiger partial charge is 0.427 e. The van der Waals surface area contributed by atoms with Crippen LogP contribution in [0.25, 0.3) is 0 Å². The summed E-state index contributed by atoms with van der Waals surface area (Å²) in [5.41, 5.74) is 0.832. The Morgan fingerprint density at radius 3 is 1.36 bits per heavy atom. The number of isocyanates is 2. The Labute approximate surface area is 160 Å². The maximum atomic E-state index is 11.8. The van der Waals surface area contributed by atoms with E-state index in [0.717, 1.165) is 0 Å². The maximum Gasteiger partial charge on any atom is 0.311 e. The molecule has 142 valence electrons. The highest BCUT2D eigenvalue weighted by Gasteiger charge is 2.08. The fourth-order valence-corrected chi connectivity index (χ4v) is 2.19. The van der Waals surface area contributed by atoms with E-state index >= 15 is 0 Å². The highest BCUT2D eigenvalue weighted by atomic mass is 16.5. The van der Waals surface area contributed by atoms with Crippen LogP contribution >= 0.6 is 0 Å². The summed E-state index contributed by atoms with van der Waals surface area (Å²) in [4.78, 5) is 50.7. The standard InChI is InChI=1S/C20H16N2O6/c23-13-21-15-5-9-17(10-6-15)27-19(25)3-1-2-4-20(26)28-18-11-7-16(8-12-18)22-14-24/h5-12H,1-4H2. The molecule has 0 spiro atoms. The summed E-state index contributed by atoms with van der Waals surface area (Å²) in [5, 5.41) is 0. The Kier molecular flexibility index (Phi) is 8.02. The molecular formula is C20H16N2O6. The molecule has 0 saturated heterocycles. The second-order valence-electron chi connectivity index (χ2n) is 5.55. The van der Waals surface area contributed by atoms with Crippen LogP contribution in [0, 0.1) is 0 Å². The average molecular weight is 380 g/mol. The number of benzene rings is 2. The molecule has 2 aromatic rings. The second-order valence-corrected chi connectivity index (χ2v) is 5.55. The van der Waals surface area contributed by atoms with Gasteiger partial charge < -0.3 is 9.47 Å². The molecule has 0 aliphatic carbocycles. The summed E-state index contributed by atoms with van der Waals surface area (Å²) in [6, 6.07) is 12.2. The SMILES string of the molecule is O=C=Nc1ccc(OC(=O)CCCCC(=O)Oc2ccc(N=C=O)cc2)cc1. The molecule has 0 aliphatic heterocycles. The molecule has 28 heavy (non-hydrogen) atoms. The van der Waals surface area contributed by atoms with Crippen LogP contribution in [0.5, 0.6) is 11.5 Å². The number of hydrogen-bond donors (Lipinski definition) is 0. The van der Waals surface area contributed by atoms with E-state index < -0.39 is 11.9 Å². The number of carbonyl (C=O) groups excluding carboxylic acids is 4. The van der Waals surface area contributed by atoms with E-state index in [9.17, 15) is 19.2 Å². The summed E-state index contributed by atoms with van der Waals surface area (Å²) < 4.78 is 10.3. The van der Waals surface area contributed by atoms with E-state index in [-0.39, 0.29) is 12.8 Å². The lowest BCUT2D eigenvalue weighted by Crippen LogP contribution is -2.10. The van der Waals surface area contributed by atoms with Crippen molar-refractivity contribution in [1.82, 2.24) is 0 Å². The van der Waals surface area contributed by atoms with Crippen molar-refractivity contribution in [1.29, 1.82) is 0 Å². The minimum atomic E-state index is -0.425. The lowest BCUT2D eigenvalue weighted by atomic mass is 10.2. The average Bonchev–Trinajstić information content (AvgIpc) is 2.69. The number of aliphatic imine (C=N–C) groups is 2. The number of rotatable bonds is 9. The molecule has 2 rings (SSSR count). The topological polar surface area (TPSA) is 111 Å². The number of hydrogen-bond acceptors (Lipinski definition) is 8. The van der Waals surface area contributed by atoms with Crippen LogP contribution in [-0.2, 0) is 19.2 Å². The zero-order valence-corrected chi connectivity index (χ0v) is 14.8. The molecule has 0 N–H and O–H groups in total. The van der Waals surface area contributed by atoms with E-state index in [1.165, 1.54) is 60.7 Å². The molecule has 0 aliphatic rings. The van der Waals surface area contributed by atoms with Crippen LogP contribution in [0.4, 0.5) is 11.4 Å². The van der Waals surface area contributed by atoms with Gasteiger partial charge in [-0.25, -0.2) is 9.59 Å². The fourth-order valence-electron chi connectivity index (χ4n) is 2.19. The van der Waals surface area contributed by atoms with Gasteiger partial charge in [-0.3, -0.25) is 9.59 Å². The van der Waals surface area contributed by atoms with Gasteiger partial charge in [0.05, 0.1) is 11.4 Å². The van der Waals surface area contributed by atoms with Gasteiger partial charge in [0, 0.05) is 12.8 Å². The molecule has 0 bridgehead atoms. The molecule has 0 amide bonds. The van der Waals surface area contributed by atoms with E-state index in [1.807, 2.05) is 0 Å². The molecule has 0 aromatic heterocycles. The van der Waals surface area contributed by atoms with E-state index in [4.69, 9.17) is 9.47 Å². The van der Waals surface area contributed by atoms with Crippen LogP contribution in [0.1, 0.15) is 25.7 Å². The van der Waals surface area contributed by atoms with Crippen molar-refractivity contribution in [2.75, 3.05) is 0 Å². The Balaban J connectivity index is 1.67. The van der Waals surface area contributed by atoms with Crippen molar-refractivity contribution in [2.24, 2.45) is 9.98 Å². The summed E-state index contributed by atoms with van der Waals surface area (Å²) in [5.74, 6) is -0.161. The molecule has 0 atom stereocenters. The van der Waals surface area contributed by atoms with Gasteiger partial charge in [0.1, 0.15) is 11.5 Å². The Hall–Kier alpha value is -3.86. The first-order valence-electron chi connectivity index (χ1n) is 8.38. The molecule has 0 unspecified atom stereocenters. The van der Waals surface area contributed by atoms with E-state index in [0.29, 0.717) is 35.7 Å². The van der Waals surface area contributed by atoms with Crippen molar-refractivity contribution < 1.29 is 28.7 Å². The normalized spacial score (nSPS) is 9.57. The van der Waals surface area contributed by atoms with Gasteiger partial charge in [0.2, 0.25) is 12.2 Å². The Morgan fingerprint density at radius 2 is 1.04 bits per heavy atom. The molecule has 0 heterocycles. The molecule has 0 fully saturated rings. The molecular weight excluding hydrogens is 364 g/mol. The molecule has 2 aromatic carbocycles. The highest BCUT2D eigenvalue weighted by molar-refractivity contribution is 5.73. The third kappa shape index (κ3) is 7.17. The highest BCUT2D eigenvalue weighted by Crippen LogP contribution is 2.19. The Bertz CT molecular complexity index is 831. The van der Waals surface area contributed by atoms with Gasteiger partial charge >= 0.3 is 11.9 Å². The second kappa shape index (κ2) is 11.0. The zero-order valence-electron chi connectivity index (χ0n) is 14.8. The first-order chi connectivity index (χ1) is 13.6. The molecule has 0 radical (unpaired) electrons. The lowest BCUT2D eigenvalue weighted by molar-refractivity contribution is -0.136. The van der Waals surface area contributed by atoms with Gasteiger partial charge in [-0.05, 0) is 61.4 Å². The number of carbonyl (C=O) groups is 2. The van der Waals surface area contributed by atoms with Gasteiger partial charge in [0.15, 0.2) is 0 Å². The molecule has 8 nitrogen and oxygen atoms in total. The minimum Gasteiger partial charge on any atom is -0.427 e. The fraction of sp³-hybridized carbons (Fsp3) is 0.200. The van der Waals surface area contributed by atoms with Crippen LogP contribution in [-0.4, -0.2) is 24.1 Å². The van der Waals surface area contributed by atoms with Gasteiger partial charge in [-0.2, -0.15) is 9.98 Å². The van der Waals surface area contributed by atoms with E-state index in [1.54, 1.807) is 0 Å². The first-order valence-corrected chi connectivity index (χ1v) is 8.38. The molecule has 0 saturated carbocycles. The summed E-state index contributed by atoms with van der Waals surface area (Å²) >= 11 is 0. The quantitative estimate of drug-likeness (QED) is 0.216. The predicted octanol–water partition coefficient (Wildman–Crippen LogP) is 3.69. The van der Waals surface area contributed by atoms with Crippen LogP contribution in [0.15, 0.2) is 58.5 Å². The van der Waals surface area contributed by atoms with Gasteiger partial charge in [-0.1, -0.05) is 0 Å². The first kappa shape index (κ1) is 20.5. The third-order valence-electron chi connectivity index (χ3n) is 3.50. The monoisotopic (exact) mass is 380 g/mol. The summed E-state index contributed by atoms with van der Waals surface area (Å²) in [7, 11) is 0. The van der Waals surface area contributed by atoms with Crippen molar-refractivity contribution in [3.8, 4) is 11.5 Å². The number of nitrogens with zero attached hydrogens (tertiary/aromatic N) is 2. The molecule has 8 heteroatoms. The van der Waals surface area contributed by atoms with Crippen molar-refractivity contribution in [3.63, 3.8) is 0 Å². The van der Waals surface area contributed by atoms with E-state index in [2.05, 4.69) is 9.98 Å². The maximum absolute atomic E-state index is 11.8. The zero-order chi connectivity index (χ0) is 20.2. The smallest absolute Gasteiger partial charge is 0.311 e. The third-order valence-corrected chi connectivity index (χ3v) is 3.50.